The Morgan fingerprint density at radius 3 is 2.36 bits per heavy atom. The number of halogens is 3. The highest BCUT2D eigenvalue weighted by Gasteiger charge is 2.43. The summed E-state index contributed by atoms with van der Waals surface area (Å²) in [7, 11) is 0. The van der Waals surface area contributed by atoms with Gasteiger partial charge in [0.2, 0.25) is 0 Å². The number of hydrogen-bond donors (Lipinski definition) is 0. The van der Waals surface area contributed by atoms with Crippen LogP contribution in [0.15, 0.2) is 11.1 Å². The Bertz CT molecular complexity index is 520. The van der Waals surface area contributed by atoms with E-state index in [4.69, 9.17) is 9.47 Å². The summed E-state index contributed by atoms with van der Waals surface area (Å²) in [5.41, 5.74) is -1.10. The maximum atomic E-state index is 13.3. The minimum absolute atomic E-state index is 0.200. The van der Waals surface area contributed by atoms with Crippen LogP contribution in [0.5, 0.6) is 0 Å². The first-order valence-corrected chi connectivity index (χ1v) is 8.53. The molecular formula is C17H27F3N2O3. The fourth-order valence-electron chi connectivity index (χ4n) is 3.13. The van der Waals surface area contributed by atoms with Crippen LogP contribution < -0.4 is 0 Å². The second kappa shape index (κ2) is 7.53. The molecule has 5 nitrogen and oxygen atoms in total. The number of alkyl halides is 3. The summed E-state index contributed by atoms with van der Waals surface area (Å²) in [5.74, 6) is 0. The molecule has 0 aromatic heterocycles. The molecule has 0 spiro atoms. The lowest BCUT2D eigenvalue weighted by Crippen LogP contribution is -2.53. The van der Waals surface area contributed by atoms with Gasteiger partial charge in [0, 0.05) is 19.6 Å². The van der Waals surface area contributed by atoms with Crippen LogP contribution in [0.3, 0.4) is 0 Å². The van der Waals surface area contributed by atoms with Crippen molar-refractivity contribution in [3.8, 4) is 0 Å². The highest BCUT2D eigenvalue weighted by Crippen LogP contribution is 2.35. The molecule has 2 rings (SSSR count). The normalized spacial score (nSPS) is 23.8. The first-order chi connectivity index (χ1) is 11.5. The molecule has 0 radical (unpaired) electrons. The van der Waals surface area contributed by atoms with Crippen LogP contribution in [-0.2, 0) is 9.47 Å². The van der Waals surface area contributed by atoms with E-state index in [1.807, 2.05) is 0 Å². The number of nitrogens with zero attached hydrogens (tertiary/aromatic N) is 2. The van der Waals surface area contributed by atoms with Crippen molar-refractivity contribution in [2.75, 3.05) is 39.4 Å². The van der Waals surface area contributed by atoms with E-state index in [2.05, 4.69) is 4.90 Å². The molecule has 0 aromatic carbocycles. The van der Waals surface area contributed by atoms with E-state index in [-0.39, 0.29) is 12.5 Å². The van der Waals surface area contributed by atoms with Gasteiger partial charge < -0.3 is 9.47 Å². The van der Waals surface area contributed by atoms with Gasteiger partial charge >= 0.3 is 12.3 Å². The molecule has 1 saturated heterocycles. The van der Waals surface area contributed by atoms with E-state index >= 15 is 0 Å². The Morgan fingerprint density at radius 2 is 1.84 bits per heavy atom. The van der Waals surface area contributed by atoms with E-state index in [0.717, 1.165) is 0 Å². The van der Waals surface area contributed by atoms with Gasteiger partial charge in [-0.2, -0.15) is 13.2 Å². The zero-order chi connectivity index (χ0) is 18.8. The molecule has 0 bridgehead atoms. The maximum Gasteiger partial charge on any atom is 0.414 e. The van der Waals surface area contributed by atoms with E-state index in [9.17, 15) is 18.0 Å². The Balaban J connectivity index is 2.20. The summed E-state index contributed by atoms with van der Waals surface area (Å²) in [6.45, 7) is 9.31. The van der Waals surface area contributed by atoms with Gasteiger partial charge in [0.25, 0.3) is 0 Å². The highest BCUT2D eigenvalue weighted by atomic mass is 19.4. The van der Waals surface area contributed by atoms with Crippen molar-refractivity contribution in [3.05, 3.63) is 11.1 Å². The smallest absolute Gasteiger partial charge is 0.414 e. The Kier molecular flexibility index (Phi) is 6.04. The fraction of sp³-hybridized carbons (Fsp3) is 0.824. The van der Waals surface area contributed by atoms with Crippen molar-refractivity contribution < 1.29 is 27.4 Å². The molecule has 1 amide bonds. The third kappa shape index (κ3) is 5.60. The van der Waals surface area contributed by atoms with E-state index in [1.54, 1.807) is 20.8 Å². The molecule has 0 aromatic rings. The third-order valence-electron chi connectivity index (χ3n) is 4.37. The first kappa shape index (κ1) is 20.0. The quantitative estimate of drug-likeness (QED) is 0.706. The summed E-state index contributed by atoms with van der Waals surface area (Å²) in [4.78, 5) is 15.9. The Labute approximate surface area is 146 Å². The molecule has 25 heavy (non-hydrogen) atoms. The molecule has 1 fully saturated rings. The lowest BCUT2D eigenvalue weighted by atomic mass is 9.94. The van der Waals surface area contributed by atoms with Gasteiger partial charge in [-0.25, -0.2) is 4.79 Å². The lowest BCUT2D eigenvalue weighted by Gasteiger charge is -2.41. The molecular weight excluding hydrogens is 337 g/mol. The van der Waals surface area contributed by atoms with Gasteiger partial charge in [0.15, 0.2) is 0 Å². The van der Waals surface area contributed by atoms with Crippen molar-refractivity contribution in [3.63, 3.8) is 0 Å². The van der Waals surface area contributed by atoms with Crippen molar-refractivity contribution in [2.24, 2.45) is 0 Å². The monoisotopic (exact) mass is 364 g/mol. The van der Waals surface area contributed by atoms with Gasteiger partial charge in [-0.05, 0) is 34.1 Å². The summed E-state index contributed by atoms with van der Waals surface area (Å²) in [6.07, 6.45) is -4.93. The van der Waals surface area contributed by atoms with Gasteiger partial charge in [-0.3, -0.25) is 9.80 Å². The molecule has 2 aliphatic rings. The highest BCUT2D eigenvalue weighted by molar-refractivity contribution is 5.69. The predicted octanol–water partition coefficient (Wildman–Crippen LogP) is 3.21. The molecule has 8 heteroatoms. The van der Waals surface area contributed by atoms with Crippen LogP contribution in [0.1, 0.15) is 34.1 Å². The minimum atomic E-state index is -4.44. The van der Waals surface area contributed by atoms with E-state index in [0.29, 0.717) is 38.4 Å². The van der Waals surface area contributed by atoms with Crippen molar-refractivity contribution in [2.45, 2.75) is 51.9 Å². The van der Waals surface area contributed by atoms with Crippen molar-refractivity contribution in [1.29, 1.82) is 0 Å². The summed E-state index contributed by atoms with van der Waals surface area (Å²) >= 11 is 0. The number of ether oxygens (including phenoxy) is 2. The third-order valence-corrected chi connectivity index (χ3v) is 4.37. The van der Waals surface area contributed by atoms with Crippen LogP contribution in [0.2, 0.25) is 0 Å². The first-order valence-electron chi connectivity index (χ1n) is 8.53. The average Bonchev–Trinajstić information content (AvgIpc) is 2.45. The summed E-state index contributed by atoms with van der Waals surface area (Å²) < 4.78 is 50.5. The molecule has 0 saturated carbocycles. The molecule has 2 aliphatic heterocycles. The summed E-state index contributed by atoms with van der Waals surface area (Å²) in [6, 6.07) is -0.334. The van der Waals surface area contributed by atoms with E-state index in [1.165, 1.54) is 11.8 Å². The minimum Gasteiger partial charge on any atom is -0.444 e. The lowest BCUT2D eigenvalue weighted by molar-refractivity contribution is -0.0999. The second-order valence-corrected chi connectivity index (χ2v) is 7.64. The number of hydrogen-bond acceptors (Lipinski definition) is 4. The predicted molar refractivity (Wildman–Crippen MR) is 87.4 cm³/mol. The zero-order valence-electron chi connectivity index (χ0n) is 15.3. The SMILES string of the molecule is CC1=C(C(F)(F)F)CN(C(=O)OC(C)(C)C)C(CN2CCOCC2)C1. The number of amides is 1. The molecule has 2 heterocycles. The molecule has 144 valence electrons. The van der Waals surface area contributed by atoms with Gasteiger partial charge in [-0.15, -0.1) is 0 Å². The van der Waals surface area contributed by atoms with Crippen LogP contribution in [0.25, 0.3) is 0 Å². The summed E-state index contributed by atoms with van der Waals surface area (Å²) in [5, 5.41) is 0. The molecule has 1 unspecified atom stereocenters. The maximum absolute atomic E-state index is 13.3. The van der Waals surface area contributed by atoms with Gasteiger partial charge in [-0.1, -0.05) is 5.57 Å². The topological polar surface area (TPSA) is 42.0 Å². The van der Waals surface area contributed by atoms with E-state index < -0.39 is 30.0 Å². The molecule has 1 atom stereocenters. The average molecular weight is 364 g/mol. The van der Waals surface area contributed by atoms with Crippen LogP contribution in [-0.4, -0.2) is 73.1 Å². The van der Waals surface area contributed by atoms with Crippen molar-refractivity contribution >= 4 is 6.09 Å². The standard InChI is InChI=1S/C17H27F3N2O3/c1-12-9-13(10-21-5-7-24-8-6-21)22(11-14(12)17(18,19)20)15(23)25-16(2,3)4/h13H,5-11H2,1-4H3. The Hall–Kier alpha value is -1.28. The fourth-order valence-corrected chi connectivity index (χ4v) is 3.13. The number of carbonyl (C=O) groups excluding carboxylic acids is 1. The largest absolute Gasteiger partial charge is 0.444 e. The molecule has 0 N–H and O–H groups in total. The van der Waals surface area contributed by atoms with Crippen LogP contribution in [0.4, 0.5) is 18.0 Å². The van der Waals surface area contributed by atoms with Crippen molar-refractivity contribution in [1.82, 2.24) is 9.80 Å². The number of morpholine rings is 1. The van der Waals surface area contributed by atoms with Gasteiger partial charge in [0.05, 0.1) is 31.4 Å². The zero-order valence-corrected chi connectivity index (χ0v) is 15.3. The van der Waals surface area contributed by atoms with Crippen LogP contribution in [0, 0.1) is 0 Å². The van der Waals surface area contributed by atoms with Crippen LogP contribution >= 0.6 is 0 Å². The second-order valence-electron chi connectivity index (χ2n) is 7.64. The number of rotatable bonds is 2. The Morgan fingerprint density at radius 1 is 1.24 bits per heavy atom. The van der Waals surface area contributed by atoms with Gasteiger partial charge in [0.1, 0.15) is 5.60 Å². The number of carbonyl (C=O) groups is 1. The molecule has 0 aliphatic carbocycles.